The number of allylic oxidation sites excluding steroid dienone is 3. The van der Waals surface area contributed by atoms with E-state index in [1.54, 1.807) is 0 Å². The van der Waals surface area contributed by atoms with Crippen LogP contribution in [0.25, 0.3) is 0 Å². The Morgan fingerprint density at radius 1 is 0.423 bits per heavy atom. The van der Waals surface area contributed by atoms with Crippen molar-refractivity contribution in [3.63, 3.8) is 0 Å². The fraction of sp³-hybridized carbons (Fsp3) is 0.0938. The molecular formula is C64H50B2N4O. The molecule has 1 aliphatic carbocycles. The summed E-state index contributed by atoms with van der Waals surface area (Å²) in [6.07, 6.45) is 9.10. The summed E-state index contributed by atoms with van der Waals surface area (Å²) in [6, 6.07) is 76.0. The monoisotopic (exact) mass is 912 g/mol. The molecule has 7 heteroatoms. The molecule has 5 nitrogen and oxygen atoms in total. The summed E-state index contributed by atoms with van der Waals surface area (Å²) in [5, 5.41) is 0. The van der Waals surface area contributed by atoms with E-state index in [-0.39, 0.29) is 18.8 Å². The maximum Gasteiger partial charge on any atom is 0.256 e. The highest BCUT2D eigenvalue weighted by Gasteiger charge is 2.48. The first-order chi connectivity index (χ1) is 34.9. The number of hydrogen-bond acceptors (Lipinski definition) is 5. The number of benzene rings is 9. The minimum Gasteiger partial charge on any atom is -0.458 e. The maximum absolute atomic E-state index is 7.47. The van der Waals surface area contributed by atoms with Crippen molar-refractivity contribution in [2.24, 2.45) is 0 Å². The molecule has 5 aliphatic rings. The normalized spacial score (nSPS) is 14.6. The van der Waals surface area contributed by atoms with E-state index in [1.807, 2.05) is 0 Å². The second-order valence-electron chi connectivity index (χ2n) is 20.4. The second kappa shape index (κ2) is 16.1. The first-order valence-corrected chi connectivity index (χ1v) is 25.1. The number of hydrogen-bond donors (Lipinski definition) is 0. The SMILES string of the molecule is CC(C)(C)c1cc2c3c(c1)N(C1=CCCC=C1)c1ccccc1B3c1cc3c(cc1O2)N(c1ccccc1)c1cc(N(c2ccccc2)c2ccccc2)cc2c1B3c1ccccc1N2c1ccccc1. The molecule has 9 aromatic rings. The topological polar surface area (TPSA) is 22.2 Å². The van der Waals surface area contributed by atoms with Crippen molar-refractivity contribution in [1.82, 2.24) is 0 Å². The molecule has 4 aliphatic heterocycles. The molecule has 0 atom stereocenters. The van der Waals surface area contributed by atoms with Gasteiger partial charge >= 0.3 is 0 Å². The zero-order valence-electron chi connectivity index (χ0n) is 40.1. The highest BCUT2D eigenvalue weighted by atomic mass is 16.5. The quantitative estimate of drug-likeness (QED) is 0.155. The largest absolute Gasteiger partial charge is 0.458 e. The third-order valence-corrected chi connectivity index (χ3v) is 15.2. The second-order valence-corrected chi connectivity index (χ2v) is 20.4. The van der Waals surface area contributed by atoms with Crippen LogP contribution in [0.15, 0.2) is 230 Å². The van der Waals surface area contributed by atoms with Crippen molar-refractivity contribution in [1.29, 1.82) is 0 Å². The lowest BCUT2D eigenvalue weighted by atomic mass is 9.30. The zero-order valence-corrected chi connectivity index (χ0v) is 40.1. The minimum atomic E-state index is -0.113. The van der Waals surface area contributed by atoms with Crippen LogP contribution in [0.4, 0.5) is 62.6 Å². The van der Waals surface area contributed by atoms with Crippen LogP contribution in [-0.4, -0.2) is 13.4 Å². The predicted molar refractivity (Wildman–Crippen MR) is 300 cm³/mol. The van der Waals surface area contributed by atoms with Gasteiger partial charge in [0.15, 0.2) is 0 Å². The summed E-state index contributed by atoms with van der Waals surface area (Å²) >= 11 is 0. The van der Waals surface area contributed by atoms with Crippen LogP contribution < -0.4 is 57.1 Å². The molecule has 0 radical (unpaired) electrons. The van der Waals surface area contributed by atoms with E-state index in [0.717, 1.165) is 69.8 Å². The molecule has 71 heavy (non-hydrogen) atoms. The molecular weight excluding hydrogens is 862 g/mol. The highest BCUT2D eigenvalue weighted by Crippen LogP contribution is 2.49. The molecule has 0 N–H and O–H groups in total. The third-order valence-electron chi connectivity index (χ3n) is 15.2. The van der Waals surface area contributed by atoms with E-state index in [4.69, 9.17) is 4.74 Å². The maximum atomic E-state index is 7.47. The summed E-state index contributed by atoms with van der Waals surface area (Å²) in [5.74, 6) is 1.82. The Morgan fingerprint density at radius 3 is 1.52 bits per heavy atom. The molecule has 0 aromatic heterocycles. The van der Waals surface area contributed by atoms with Crippen molar-refractivity contribution in [3.8, 4) is 11.5 Å². The van der Waals surface area contributed by atoms with Gasteiger partial charge in [-0.1, -0.05) is 148 Å². The van der Waals surface area contributed by atoms with Gasteiger partial charge in [0.05, 0.1) is 5.69 Å². The average molecular weight is 913 g/mol. The summed E-state index contributed by atoms with van der Waals surface area (Å²) in [7, 11) is 0. The number of rotatable bonds is 6. The smallest absolute Gasteiger partial charge is 0.256 e. The molecule has 0 unspecified atom stereocenters. The molecule has 9 aromatic carbocycles. The number of fused-ring (bicyclic) bond motifs is 8. The van der Waals surface area contributed by atoms with E-state index in [2.05, 4.69) is 265 Å². The molecule has 0 amide bonds. The van der Waals surface area contributed by atoms with Gasteiger partial charge in [-0.2, -0.15) is 0 Å². The Labute approximate surface area is 417 Å². The van der Waals surface area contributed by atoms with Crippen molar-refractivity contribution in [2.75, 3.05) is 19.6 Å². The van der Waals surface area contributed by atoms with Crippen molar-refractivity contribution >= 4 is 109 Å². The van der Waals surface area contributed by atoms with Gasteiger partial charge in [-0.15, -0.1) is 0 Å². The molecule has 4 heterocycles. The first kappa shape index (κ1) is 41.6. The summed E-state index contributed by atoms with van der Waals surface area (Å²) in [4.78, 5) is 9.90. The van der Waals surface area contributed by atoms with Crippen LogP contribution in [0.5, 0.6) is 11.5 Å². The van der Waals surface area contributed by atoms with E-state index < -0.39 is 0 Å². The fourth-order valence-electron chi connectivity index (χ4n) is 12.0. The van der Waals surface area contributed by atoms with Gasteiger partial charge in [0.1, 0.15) is 11.5 Å². The van der Waals surface area contributed by atoms with Gasteiger partial charge in [-0.3, -0.25) is 0 Å². The number of nitrogens with zero attached hydrogens (tertiary/aromatic N) is 4. The first-order valence-electron chi connectivity index (χ1n) is 25.1. The number of anilines is 11. The van der Waals surface area contributed by atoms with Gasteiger partial charge < -0.3 is 24.3 Å². The average Bonchev–Trinajstić information content (AvgIpc) is 3.41. The van der Waals surface area contributed by atoms with Crippen LogP contribution in [0.2, 0.25) is 0 Å². The fourth-order valence-corrected chi connectivity index (χ4v) is 12.0. The molecule has 0 fully saturated rings. The van der Waals surface area contributed by atoms with E-state index in [1.165, 1.54) is 61.1 Å². The Hall–Kier alpha value is -8.41. The molecule has 338 valence electrons. The molecule has 0 saturated heterocycles. The lowest BCUT2D eigenvalue weighted by Gasteiger charge is -2.46. The highest BCUT2D eigenvalue weighted by molar-refractivity contribution is 7.02. The Morgan fingerprint density at radius 2 is 0.944 bits per heavy atom. The van der Waals surface area contributed by atoms with Crippen LogP contribution in [-0.2, 0) is 5.41 Å². The van der Waals surface area contributed by atoms with Crippen LogP contribution in [0.1, 0.15) is 39.2 Å². The van der Waals surface area contributed by atoms with Gasteiger partial charge in [0.25, 0.3) is 13.4 Å². The van der Waals surface area contributed by atoms with Gasteiger partial charge in [0.2, 0.25) is 0 Å². The van der Waals surface area contributed by atoms with Crippen LogP contribution in [0, 0.1) is 0 Å². The number of para-hydroxylation sites is 6. The minimum absolute atomic E-state index is 0.0536. The predicted octanol–water partition coefficient (Wildman–Crippen LogP) is 12.8. The standard InChI is InChI=1S/C64H50B2N4O/c1-64(2,3)43-37-57-63-61(38-43)71-60-42-56-52(41-53(60)66(63)51-34-20-22-36-55(51)68(57)46-27-13-6-14-28-46)65-50-33-19-21-35-54(50)69(47-29-15-7-16-30-47)58-39-49(40-59(62(58)65)70(56)48-31-17-8-18-32-48)67(44-23-9-4-10-24-44)45-25-11-5-12-26-45/h4-5,7-13,15-42H,6,14H2,1-3H3. The summed E-state index contributed by atoms with van der Waals surface area (Å²) in [6.45, 7) is 6.78. The van der Waals surface area contributed by atoms with Gasteiger partial charge in [-0.25, -0.2) is 0 Å². The Balaban J connectivity index is 1.07. The summed E-state index contributed by atoms with van der Waals surface area (Å²) in [5.41, 5.74) is 22.3. The number of ether oxygens (including phenoxy) is 1. The van der Waals surface area contributed by atoms with Crippen molar-refractivity contribution in [2.45, 2.75) is 39.0 Å². The van der Waals surface area contributed by atoms with E-state index >= 15 is 0 Å². The van der Waals surface area contributed by atoms with Crippen molar-refractivity contribution < 1.29 is 4.74 Å². The Kier molecular flexibility index (Phi) is 9.41. The van der Waals surface area contributed by atoms with Gasteiger partial charge in [0, 0.05) is 68.6 Å². The van der Waals surface area contributed by atoms with E-state index in [9.17, 15) is 0 Å². The van der Waals surface area contributed by atoms with Crippen LogP contribution in [0.3, 0.4) is 0 Å². The summed E-state index contributed by atoms with van der Waals surface area (Å²) < 4.78 is 7.47. The molecule has 0 bridgehead atoms. The van der Waals surface area contributed by atoms with Crippen molar-refractivity contribution in [3.05, 3.63) is 236 Å². The zero-order chi connectivity index (χ0) is 47.4. The van der Waals surface area contributed by atoms with E-state index in [0.29, 0.717) is 0 Å². The molecule has 0 spiro atoms. The molecule has 14 rings (SSSR count). The third kappa shape index (κ3) is 6.49. The van der Waals surface area contributed by atoms with Gasteiger partial charge in [-0.05, 0) is 148 Å². The Bertz CT molecular complexity index is 3610. The van der Waals surface area contributed by atoms with Crippen LogP contribution >= 0.6 is 0 Å². The lowest BCUT2D eigenvalue weighted by Crippen LogP contribution is -2.64. The lowest BCUT2D eigenvalue weighted by molar-refractivity contribution is 0.483. The molecule has 0 saturated carbocycles.